The molecule has 8 heteroatoms. The summed E-state index contributed by atoms with van der Waals surface area (Å²) in [6.07, 6.45) is 3.58. The molecule has 1 aromatic heterocycles. The molecule has 37 heavy (non-hydrogen) atoms. The van der Waals surface area contributed by atoms with Crippen LogP contribution in [0.5, 0.6) is 0 Å². The SMILES string of the molecule is CC(c1nnc(SCC(=O)Nc2ccccc2-c2ccccc2)n1-c1ccc(F)cc1)N1CCCCC1. The summed E-state index contributed by atoms with van der Waals surface area (Å²) in [4.78, 5) is 15.4. The number of carbonyl (C=O) groups excluding carboxylic acids is 1. The molecular formula is C29H30FN5OS. The summed E-state index contributed by atoms with van der Waals surface area (Å²) < 4.78 is 15.6. The van der Waals surface area contributed by atoms with Crippen molar-refractivity contribution in [1.82, 2.24) is 19.7 Å². The van der Waals surface area contributed by atoms with Gasteiger partial charge >= 0.3 is 0 Å². The number of hydrogen-bond donors (Lipinski definition) is 1. The fourth-order valence-electron chi connectivity index (χ4n) is 4.73. The molecule has 5 rings (SSSR count). The van der Waals surface area contributed by atoms with Gasteiger partial charge in [0.2, 0.25) is 5.91 Å². The Kier molecular flexibility index (Phi) is 7.96. The monoisotopic (exact) mass is 515 g/mol. The van der Waals surface area contributed by atoms with Gasteiger partial charge in [-0.2, -0.15) is 0 Å². The van der Waals surface area contributed by atoms with Crippen LogP contribution in [0, 0.1) is 5.82 Å². The van der Waals surface area contributed by atoms with Crippen molar-refractivity contribution >= 4 is 23.4 Å². The first kappa shape index (κ1) is 25.2. The molecule has 4 aromatic rings. The van der Waals surface area contributed by atoms with Crippen molar-refractivity contribution in [1.29, 1.82) is 0 Å². The highest BCUT2D eigenvalue weighted by Gasteiger charge is 2.26. The number of nitrogens with one attached hydrogen (secondary N) is 1. The normalized spacial score (nSPS) is 14.9. The van der Waals surface area contributed by atoms with Crippen molar-refractivity contribution in [3.63, 3.8) is 0 Å². The van der Waals surface area contributed by atoms with Gasteiger partial charge < -0.3 is 5.32 Å². The zero-order valence-corrected chi connectivity index (χ0v) is 21.6. The van der Waals surface area contributed by atoms with Gasteiger partial charge in [0.1, 0.15) is 5.82 Å². The lowest BCUT2D eigenvalue weighted by Gasteiger charge is -2.31. The van der Waals surface area contributed by atoms with Crippen molar-refractivity contribution in [2.24, 2.45) is 0 Å². The van der Waals surface area contributed by atoms with Crippen LogP contribution in [0.1, 0.15) is 38.1 Å². The third-order valence-electron chi connectivity index (χ3n) is 6.67. The Balaban J connectivity index is 1.36. The maximum atomic E-state index is 13.7. The molecule has 1 fully saturated rings. The number of anilines is 1. The molecule has 1 aliphatic heterocycles. The van der Waals surface area contributed by atoms with E-state index in [2.05, 4.69) is 27.3 Å². The number of nitrogens with zero attached hydrogens (tertiary/aromatic N) is 4. The minimum atomic E-state index is -0.298. The second-order valence-corrected chi connectivity index (χ2v) is 10.1. The molecule has 0 aliphatic carbocycles. The van der Waals surface area contributed by atoms with Gasteiger partial charge in [0.25, 0.3) is 0 Å². The molecule has 0 radical (unpaired) electrons. The lowest BCUT2D eigenvalue weighted by Crippen LogP contribution is -2.33. The maximum Gasteiger partial charge on any atom is 0.234 e. The number of para-hydroxylation sites is 1. The number of hydrogen-bond acceptors (Lipinski definition) is 5. The average Bonchev–Trinajstić information content (AvgIpc) is 3.37. The van der Waals surface area contributed by atoms with Gasteiger partial charge in [-0.15, -0.1) is 10.2 Å². The lowest BCUT2D eigenvalue weighted by molar-refractivity contribution is -0.113. The van der Waals surface area contributed by atoms with Gasteiger partial charge in [-0.1, -0.05) is 66.7 Å². The summed E-state index contributed by atoms with van der Waals surface area (Å²) in [5, 5.41) is 12.6. The van der Waals surface area contributed by atoms with Crippen LogP contribution in [0.3, 0.4) is 0 Å². The van der Waals surface area contributed by atoms with Crippen LogP contribution in [0.25, 0.3) is 16.8 Å². The van der Waals surface area contributed by atoms with Crippen molar-refractivity contribution < 1.29 is 9.18 Å². The second-order valence-electron chi connectivity index (χ2n) is 9.17. The first-order valence-electron chi connectivity index (χ1n) is 12.6. The molecule has 1 N–H and O–H groups in total. The zero-order chi connectivity index (χ0) is 25.6. The fourth-order valence-corrected chi connectivity index (χ4v) is 5.48. The van der Waals surface area contributed by atoms with Gasteiger partial charge in [0.15, 0.2) is 11.0 Å². The van der Waals surface area contributed by atoms with Gasteiger partial charge in [-0.3, -0.25) is 14.3 Å². The maximum absolute atomic E-state index is 13.7. The number of likely N-dealkylation sites (tertiary alicyclic amines) is 1. The number of rotatable bonds is 8. The van der Waals surface area contributed by atoms with E-state index >= 15 is 0 Å². The van der Waals surface area contributed by atoms with Gasteiger partial charge in [0, 0.05) is 16.9 Å². The van der Waals surface area contributed by atoms with Crippen LogP contribution in [-0.4, -0.2) is 44.4 Å². The summed E-state index contributed by atoms with van der Waals surface area (Å²) in [6, 6.07) is 24.1. The van der Waals surface area contributed by atoms with Crippen LogP contribution < -0.4 is 5.32 Å². The van der Waals surface area contributed by atoms with Crippen LogP contribution in [0.4, 0.5) is 10.1 Å². The van der Waals surface area contributed by atoms with Crippen molar-refractivity contribution in [3.05, 3.63) is 90.5 Å². The van der Waals surface area contributed by atoms with E-state index in [0.717, 1.165) is 41.4 Å². The molecule has 2 heterocycles. The number of benzene rings is 3. The van der Waals surface area contributed by atoms with Crippen molar-refractivity contribution in [3.8, 4) is 16.8 Å². The highest BCUT2D eigenvalue weighted by molar-refractivity contribution is 7.99. The fraction of sp³-hybridized carbons (Fsp3) is 0.276. The number of amides is 1. The Morgan fingerprint density at radius 1 is 0.946 bits per heavy atom. The minimum Gasteiger partial charge on any atom is -0.325 e. The van der Waals surface area contributed by atoms with E-state index in [1.807, 2.05) is 59.2 Å². The summed E-state index contributed by atoms with van der Waals surface area (Å²) in [7, 11) is 0. The van der Waals surface area contributed by atoms with Crippen LogP contribution in [-0.2, 0) is 4.79 Å². The number of piperidine rings is 1. The molecule has 190 valence electrons. The smallest absolute Gasteiger partial charge is 0.234 e. The highest BCUT2D eigenvalue weighted by Crippen LogP contribution is 2.31. The predicted octanol–water partition coefficient (Wildman–Crippen LogP) is 6.35. The van der Waals surface area contributed by atoms with Gasteiger partial charge in [-0.05, 0) is 68.8 Å². The van der Waals surface area contributed by atoms with Gasteiger partial charge in [0.05, 0.1) is 11.8 Å². The first-order chi connectivity index (χ1) is 18.1. The van der Waals surface area contributed by atoms with E-state index in [1.165, 1.54) is 43.2 Å². The van der Waals surface area contributed by atoms with Crippen LogP contribution in [0.2, 0.25) is 0 Å². The largest absolute Gasteiger partial charge is 0.325 e. The van der Waals surface area contributed by atoms with Crippen LogP contribution in [0.15, 0.2) is 84.0 Å². The standard InChI is InChI=1S/C29H30FN5OS/c1-21(34-18-8-3-9-19-34)28-32-33-29(35(28)24-16-14-23(30)15-17-24)37-20-27(36)31-26-13-7-6-12-25(26)22-10-4-2-5-11-22/h2,4-7,10-17,21H,3,8-9,18-20H2,1H3,(H,31,36). The third kappa shape index (κ3) is 5.92. The summed E-state index contributed by atoms with van der Waals surface area (Å²) in [5.74, 6) is 0.534. The Morgan fingerprint density at radius 2 is 1.65 bits per heavy atom. The third-order valence-corrected chi connectivity index (χ3v) is 7.60. The van der Waals surface area contributed by atoms with E-state index < -0.39 is 0 Å². The first-order valence-corrected chi connectivity index (χ1v) is 13.6. The highest BCUT2D eigenvalue weighted by atomic mass is 32.2. The Morgan fingerprint density at radius 3 is 2.41 bits per heavy atom. The average molecular weight is 516 g/mol. The zero-order valence-electron chi connectivity index (χ0n) is 20.8. The molecule has 1 saturated heterocycles. The predicted molar refractivity (Wildman–Crippen MR) is 146 cm³/mol. The van der Waals surface area contributed by atoms with Gasteiger partial charge in [-0.25, -0.2) is 4.39 Å². The number of carbonyl (C=O) groups is 1. The summed E-state index contributed by atoms with van der Waals surface area (Å²) >= 11 is 1.33. The molecule has 0 spiro atoms. The molecular weight excluding hydrogens is 485 g/mol. The molecule has 1 aliphatic rings. The molecule has 6 nitrogen and oxygen atoms in total. The molecule has 1 unspecified atom stereocenters. The molecule has 1 amide bonds. The number of halogens is 1. The van der Waals surface area contributed by atoms with E-state index in [0.29, 0.717) is 5.16 Å². The van der Waals surface area contributed by atoms with E-state index in [1.54, 1.807) is 12.1 Å². The summed E-state index contributed by atoms with van der Waals surface area (Å²) in [6.45, 7) is 4.17. The summed E-state index contributed by atoms with van der Waals surface area (Å²) in [5.41, 5.74) is 3.55. The van der Waals surface area contributed by atoms with Crippen molar-refractivity contribution in [2.75, 3.05) is 24.2 Å². The van der Waals surface area contributed by atoms with E-state index in [9.17, 15) is 9.18 Å². The molecule has 0 saturated carbocycles. The van der Waals surface area contributed by atoms with Crippen LogP contribution >= 0.6 is 11.8 Å². The Hall–Kier alpha value is -3.49. The van der Waals surface area contributed by atoms with E-state index in [-0.39, 0.29) is 23.5 Å². The Bertz CT molecular complexity index is 1340. The van der Waals surface area contributed by atoms with Crippen molar-refractivity contribution in [2.45, 2.75) is 37.4 Å². The minimum absolute atomic E-state index is 0.0544. The second kappa shape index (κ2) is 11.7. The number of thioether (sulfide) groups is 1. The molecule has 3 aromatic carbocycles. The molecule has 1 atom stereocenters. The lowest BCUT2D eigenvalue weighted by atomic mass is 10.0. The topological polar surface area (TPSA) is 63.1 Å². The number of aromatic nitrogens is 3. The van der Waals surface area contributed by atoms with E-state index in [4.69, 9.17) is 0 Å². The Labute approximate surface area is 220 Å². The molecule has 0 bridgehead atoms. The quantitative estimate of drug-likeness (QED) is 0.277.